The first-order valence-electron chi connectivity index (χ1n) is 6.14. The Morgan fingerprint density at radius 2 is 2.07 bits per heavy atom. The van der Waals surface area contributed by atoms with Crippen LogP contribution in [0.4, 0.5) is 0 Å². The number of hydrogen-bond donors (Lipinski definition) is 1. The van der Waals surface area contributed by atoms with Crippen molar-refractivity contribution in [3.05, 3.63) is 12.2 Å². The van der Waals surface area contributed by atoms with E-state index in [0.29, 0.717) is 6.04 Å². The fourth-order valence-electron chi connectivity index (χ4n) is 2.37. The molecule has 0 aliphatic heterocycles. The Labute approximate surface area is 88.8 Å². The van der Waals surface area contributed by atoms with Gasteiger partial charge >= 0.3 is 0 Å². The van der Waals surface area contributed by atoms with Crippen molar-refractivity contribution >= 4 is 0 Å². The van der Waals surface area contributed by atoms with Gasteiger partial charge < -0.3 is 5.73 Å². The van der Waals surface area contributed by atoms with Gasteiger partial charge in [0.05, 0.1) is 0 Å². The van der Waals surface area contributed by atoms with E-state index >= 15 is 0 Å². The number of nitrogens with two attached hydrogens (primary N) is 1. The summed E-state index contributed by atoms with van der Waals surface area (Å²) >= 11 is 0. The van der Waals surface area contributed by atoms with Gasteiger partial charge in [0.1, 0.15) is 0 Å². The first-order valence-corrected chi connectivity index (χ1v) is 6.14. The lowest BCUT2D eigenvalue weighted by atomic mass is 9.95. The van der Waals surface area contributed by atoms with E-state index in [-0.39, 0.29) is 0 Å². The third-order valence-electron chi connectivity index (χ3n) is 3.47. The van der Waals surface area contributed by atoms with E-state index in [2.05, 4.69) is 13.5 Å². The monoisotopic (exact) mass is 195 g/mol. The summed E-state index contributed by atoms with van der Waals surface area (Å²) in [6.45, 7) is 6.17. The Bertz CT molecular complexity index is 168. The van der Waals surface area contributed by atoms with Gasteiger partial charge in [-0.1, -0.05) is 44.8 Å². The van der Waals surface area contributed by atoms with E-state index in [1.165, 1.54) is 44.1 Å². The lowest BCUT2D eigenvalue weighted by molar-refractivity contribution is 0.446. The molecule has 1 heteroatoms. The van der Waals surface area contributed by atoms with Gasteiger partial charge in [0.15, 0.2) is 0 Å². The highest BCUT2D eigenvalue weighted by Gasteiger charge is 2.15. The molecule has 0 aromatic carbocycles. The largest absolute Gasteiger partial charge is 0.327 e. The van der Waals surface area contributed by atoms with Gasteiger partial charge in [-0.05, 0) is 31.6 Å². The Balaban J connectivity index is 2.07. The summed E-state index contributed by atoms with van der Waals surface area (Å²) in [6, 6.07) is 0.364. The van der Waals surface area contributed by atoms with Crippen molar-refractivity contribution in [3.63, 3.8) is 0 Å². The van der Waals surface area contributed by atoms with Crippen LogP contribution in [0.3, 0.4) is 0 Å². The summed E-state index contributed by atoms with van der Waals surface area (Å²) in [5.74, 6) is 0.982. The molecule has 0 amide bonds. The van der Waals surface area contributed by atoms with Crippen molar-refractivity contribution in [2.24, 2.45) is 11.7 Å². The normalized spacial score (nSPS) is 19.9. The standard InChI is InChI=1S/C13H25N/c1-3-11(2)10-13(14)9-8-12-6-4-5-7-12/h12-13H,2-10,14H2,1H3. The smallest absolute Gasteiger partial charge is 0.00760 e. The Morgan fingerprint density at radius 1 is 1.43 bits per heavy atom. The minimum Gasteiger partial charge on any atom is -0.327 e. The third-order valence-corrected chi connectivity index (χ3v) is 3.47. The van der Waals surface area contributed by atoms with Crippen LogP contribution in [0.2, 0.25) is 0 Å². The molecular weight excluding hydrogens is 170 g/mol. The molecule has 2 N–H and O–H groups in total. The second-order valence-electron chi connectivity index (χ2n) is 4.80. The molecule has 82 valence electrons. The molecule has 0 radical (unpaired) electrons. The summed E-state index contributed by atoms with van der Waals surface area (Å²) in [5.41, 5.74) is 7.38. The van der Waals surface area contributed by atoms with Crippen LogP contribution in [0.15, 0.2) is 12.2 Å². The highest BCUT2D eigenvalue weighted by atomic mass is 14.6. The van der Waals surface area contributed by atoms with Crippen LogP contribution in [0.5, 0.6) is 0 Å². The Kier molecular flexibility index (Phi) is 5.24. The molecule has 1 rings (SSSR count). The zero-order valence-corrected chi connectivity index (χ0v) is 9.60. The molecule has 14 heavy (non-hydrogen) atoms. The average molecular weight is 195 g/mol. The maximum absolute atomic E-state index is 6.07. The van der Waals surface area contributed by atoms with E-state index in [9.17, 15) is 0 Å². The van der Waals surface area contributed by atoms with Crippen molar-refractivity contribution in [3.8, 4) is 0 Å². The molecule has 1 fully saturated rings. The second kappa shape index (κ2) is 6.23. The van der Waals surface area contributed by atoms with Crippen LogP contribution in [0, 0.1) is 5.92 Å². The van der Waals surface area contributed by atoms with E-state index in [1.807, 2.05) is 0 Å². The molecule has 1 atom stereocenters. The molecular formula is C13H25N. The van der Waals surface area contributed by atoms with E-state index in [1.54, 1.807) is 0 Å². The summed E-state index contributed by atoms with van der Waals surface area (Å²) in [5, 5.41) is 0. The van der Waals surface area contributed by atoms with Gasteiger partial charge in [0.25, 0.3) is 0 Å². The topological polar surface area (TPSA) is 26.0 Å². The van der Waals surface area contributed by atoms with Crippen LogP contribution in [-0.2, 0) is 0 Å². The van der Waals surface area contributed by atoms with Gasteiger partial charge in [-0.3, -0.25) is 0 Å². The van der Waals surface area contributed by atoms with Crippen molar-refractivity contribution in [2.75, 3.05) is 0 Å². The molecule has 1 aliphatic rings. The molecule has 0 aromatic heterocycles. The zero-order chi connectivity index (χ0) is 10.4. The Hall–Kier alpha value is -0.300. The molecule has 0 spiro atoms. The first kappa shape index (κ1) is 11.8. The highest BCUT2D eigenvalue weighted by Crippen LogP contribution is 2.29. The summed E-state index contributed by atoms with van der Waals surface area (Å²) in [6.07, 6.45) is 10.4. The molecule has 1 unspecified atom stereocenters. The summed E-state index contributed by atoms with van der Waals surface area (Å²) < 4.78 is 0. The minimum absolute atomic E-state index is 0.364. The van der Waals surface area contributed by atoms with Crippen LogP contribution in [0.1, 0.15) is 58.3 Å². The number of rotatable bonds is 6. The SMILES string of the molecule is C=C(CC)CC(N)CCC1CCCC1. The zero-order valence-electron chi connectivity index (χ0n) is 9.60. The molecule has 1 saturated carbocycles. The van der Waals surface area contributed by atoms with E-state index < -0.39 is 0 Å². The second-order valence-corrected chi connectivity index (χ2v) is 4.80. The third kappa shape index (κ3) is 4.28. The predicted octanol–water partition coefficient (Wildman–Crippen LogP) is 3.64. The van der Waals surface area contributed by atoms with E-state index in [4.69, 9.17) is 5.73 Å². The molecule has 0 bridgehead atoms. The van der Waals surface area contributed by atoms with Gasteiger partial charge in [-0.25, -0.2) is 0 Å². The maximum Gasteiger partial charge on any atom is 0.00760 e. The molecule has 1 nitrogen and oxygen atoms in total. The maximum atomic E-state index is 6.07. The van der Waals surface area contributed by atoms with Crippen LogP contribution < -0.4 is 5.73 Å². The van der Waals surface area contributed by atoms with E-state index in [0.717, 1.165) is 18.8 Å². The molecule has 0 aromatic rings. The quantitative estimate of drug-likeness (QED) is 0.643. The minimum atomic E-state index is 0.364. The fourth-order valence-corrected chi connectivity index (χ4v) is 2.37. The van der Waals surface area contributed by atoms with Gasteiger partial charge in [0.2, 0.25) is 0 Å². The fraction of sp³-hybridized carbons (Fsp3) is 0.846. The lowest BCUT2D eigenvalue weighted by Crippen LogP contribution is -2.21. The van der Waals surface area contributed by atoms with Crippen molar-refractivity contribution in [1.29, 1.82) is 0 Å². The average Bonchev–Trinajstić information content (AvgIpc) is 2.67. The molecule has 0 saturated heterocycles. The highest BCUT2D eigenvalue weighted by molar-refractivity contribution is 4.95. The van der Waals surface area contributed by atoms with Crippen LogP contribution in [-0.4, -0.2) is 6.04 Å². The van der Waals surface area contributed by atoms with Crippen LogP contribution in [0.25, 0.3) is 0 Å². The summed E-state index contributed by atoms with van der Waals surface area (Å²) in [7, 11) is 0. The first-order chi connectivity index (χ1) is 6.72. The van der Waals surface area contributed by atoms with Crippen molar-refractivity contribution in [2.45, 2.75) is 64.3 Å². The van der Waals surface area contributed by atoms with Gasteiger partial charge in [-0.2, -0.15) is 0 Å². The van der Waals surface area contributed by atoms with Gasteiger partial charge in [0, 0.05) is 6.04 Å². The Morgan fingerprint density at radius 3 is 2.64 bits per heavy atom. The van der Waals surface area contributed by atoms with Crippen molar-refractivity contribution in [1.82, 2.24) is 0 Å². The van der Waals surface area contributed by atoms with Crippen molar-refractivity contribution < 1.29 is 0 Å². The molecule has 0 heterocycles. The van der Waals surface area contributed by atoms with Gasteiger partial charge in [-0.15, -0.1) is 0 Å². The predicted molar refractivity (Wildman–Crippen MR) is 63.2 cm³/mol. The lowest BCUT2D eigenvalue weighted by Gasteiger charge is -2.15. The van der Waals surface area contributed by atoms with Crippen LogP contribution >= 0.6 is 0 Å². The molecule has 1 aliphatic carbocycles. The number of hydrogen-bond acceptors (Lipinski definition) is 1. The summed E-state index contributed by atoms with van der Waals surface area (Å²) in [4.78, 5) is 0.